The van der Waals surface area contributed by atoms with Gasteiger partial charge in [0.2, 0.25) is 0 Å². The number of aromatic nitrogens is 1. The molecule has 102 valence electrons. The third kappa shape index (κ3) is 4.74. The molecule has 2 aromatic rings. The highest BCUT2D eigenvalue weighted by molar-refractivity contribution is 7.09. The van der Waals surface area contributed by atoms with Crippen LogP contribution in [-0.2, 0) is 11.3 Å². The molecule has 19 heavy (non-hydrogen) atoms. The third-order valence-electron chi connectivity index (χ3n) is 2.85. The summed E-state index contributed by atoms with van der Waals surface area (Å²) in [5.41, 5.74) is 2.26. The van der Waals surface area contributed by atoms with Gasteiger partial charge in [0.25, 0.3) is 0 Å². The summed E-state index contributed by atoms with van der Waals surface area (Å²) < 4.78 is 5.02. The van der Waals surface area contributed by atoms with Gasteiger partial charge in [0.1, 0.15) is 5.01 Å². The van der Waals surface area contributed by atoms with Crippen LogP contribution in [0.3, 0.4) is 0 Å². The van der Waals surface area contributed by atoms with Gasteiger partial charge in [-0.1, -0.05) is 30.3 Å². The van der Waals surface area contributed by atoms with Gasteiger partial charge in [-0.2, -0.15) is 0 Å². The Hall–Kier alpha value is -1.23. The number of methoxy groups -OCH3 is 1. The molecule has 0 spiro atoms. The van der Waals surface area contributed by atoms with Crippen LogP contribution in [0.25, 0.3) is 11.3 Å². The molecule has 0 fully saturated rings. The summed E-state index contributed by atoms with van der Waals surface area (Å²) in [6.45, 7) is 2.71. The Balaban J connectivity index is 1.75. The Morgan fingerprint density at radius 2 is 2.05 bits per heavy atom. The zero-order valence-corrected chi connectivity index (χ0v) is 12.1. The maximum Gasteiger partial charge on any atom is 0.107 e. The minimum atomic E-state index is 0.844. The van der Waals surface area contributed by atoms with E-state index in [1.807, 2.05) is 18.2 Å². The van der Waals surface area contributed by atoms with Crippen molar-refractivity contribution in [3.63, 3.8) is 0 Å². The summed E-state index contributed by atoms with van der Waals surface area (Å²) in [6, 6.07) is 10.3. The van der Waals surface area contributed by atoms with Crippen molar-refractivity contribution in [2.24, 2.45) is 0 Å². The number of unbranched alkanes of at least 4 members (excludes halogenated alkanes) is 1. The lowest BCUT2D eigenvalue weighted by Gasteiger charge is -2.02. The molecule has 1 heterocycles. The molecule has 0 amide bonds. The van der Waals surface area contributed by atoms with Crippen LogP contribution in [-0.4, -0.2) is 25.2 Å². The van der Waals surface area contributed by atoms with E-state index in [-0.39, 0.29) is 0 Å². The summed E-state index contributed by atoms with van der Waals surface area (Å²) in [5, 5.41) is 6.68. The maximum atomic E-state index is 5.02. The van der Waals surface area contributed by atoms with Crippen molar-refractivity contribution in [2.45, 2.75) is 19.4 Å². The summed E-state index contributed by atoms with van der Waals surface area (Å²) in [6.07, 6.45) is 2.25. The van der Waals surface area contributed by atoms with E-state index in [1.54, 1.807) is 18.4 Å². The maximum absolute atomic E-state index is 5.02. The number of hydrogen-bond donors (Lipinski definition) is 1. The van der Waals surface area contributed by atoms with Crippen molar-refractivity contribution >= 4 is 11.3 Å². The molecule has 1 aromatic heterocycles. The smallest absolute Gasteiger partial charge is 0.107 e. The molecule has 4 heteroatoms. The van der Waals surface area contributed by atoms with Crippen molar-refractivity contribution in [1.29, 1.82) is 0 Å². The fourth-order valence-corrected chi connectivity index (χ4v) is 2.60. The Morgan fingerprint density at radius 1 is 1.21 bits per heavy atom. The molecular weight excluding hydrogens is 256 g/mol. The van der Waals surface area contributed by atoms with Gasteiger partial charge in [0, 0.05) is 31.2 Å². The van der Waals surface area contributed by atoms with E-state index in [9.17, 15) is 0 Å². The van der Waals surface area contributed by atoms with Gasteiger partial charge in [-0.15, -0.1) is 11.3 Å². The molecule has 0 bridgehead atoms. The zero-order chi connectivity index (χ0) is 13.3. The monoisotopic (exact) mass is 276 g/mol. The second-order valence-electron chi connectivity index (χ2n) is 4.37. The van der Waals surface area contributed by atoms with Gasteiger partial charge in [0.05, 0.1) is 5.69 Å². The van der Waals surface area contributed by atoms with Crippen molar-refractivity contribution in [1.82, 2.24) is 10.3 Å². The Kier molecular flexibility index (Phi) is 6.01. The molecule has 0 atom stereocenters. The van der Waals surface area contributed by atoms with E-state index < -0.39 is 0 Å². The van der Waals surface area contributed by atoms with Crippen LogP contribution in [0, 0.1) is 0 Å². The van der Waals surface area contributed by atoms with Crippen LogP contribution in [0.15, 0.2) is 35.7 Å². The predicted octanol–water partition coefficient (Wildman–Crippen LogP) is 3.33. The molecule has 0 saturated carbocycles. The van der Waals surface area contributed by atoms with E-state index in [0.717, 1.165) is 43.2 Å². The lowest BCUT2D eigenvalue weighted by Crippen LogP contribution is -2.14. The molecule has 0 radical (unpaired) electrons. The molecule has 3 nitrogen and oxygen atoms in total. The van der Waals surface area contributed by atoms with E-state index in [4.69, 9.17) is 4.74 Å². The first-order chi connectivity index (χ1) is 9.40. The van der Waals surface area contributed by atoms with Gasteiger partial charge < -0.3 is 10.1 Å². The minimum Gasteiger partial charge on any atom is -0.385 e. The molecule has 0 saturated heterocycles. The Labute approximate surface area is 118 Å². The first-order valence-electron chi connectivity index (χ1n) is 6.59. The highest BCUT2D eigenvalue weighted by Gasteiger charge is 2.03. The SMILES string of the molecule is COCCCCNCc1nc(-c2ccccc2)cs1. The average molecular weight is 276 g/mol. The Morgan fingerprint density at radius 3 is 2.84 bits per heavy atom. The number of nitrogens with zero attached hydrogens (tertiary/aromatic N) is 1. The summed E-state index contributed by atoms with van der Waals surface area (Å²) >= 11 is 1.71. The van der Waals surface area contributed by atoms with E-state index >= 15 is 0 Å². The normalized spacial score (nSPS) is 10.8. The average Bonchev–Trinajstić information content (AvgIpc) is 2.92. The summed E-state index contributed by atoms with van der Waals surface area (Å²) in [5.74, 6) is 0. The van der Waals surface area contributed by atoms with Crippen molar-refractivity contribution in [3.05, 3.63) is 40.7 Å². The fourth-order valence-electron chi connectivity index (χ4n) is 1.83. The minimum absolute atomic E-state index is 0.844. The van der Waals surface area contributed by atoms with E-state index in [0.29, 0.717) is 0 Å². The molecule has 1 aromatic carbocycles. The van der Waals surface area contributed by atoms with Crippen LogP contribution < -0.4 is 5.32 Å². The second-order valence-corrected chi connectivity index (χ2v) is 5.31. The predicted molar refractivity (Wildman–Crippen MR) is 80.4 cm³/mol. The largest absolute Gasteiger partial charge is 0.385 e. The summed E-state index contributed by atoms with van der Waals surface area (Å²) in [7, 11) is 1.74. The number of benzene rings is 1. The van der Waals surface area contributed by atoms with Crippen LogP contribution in [0.2, 0.25) is 0 Å². The molecular formula is C15H20N2OS. The number of rotatable bonds is 8. The zero-order valence-electron chi connectivity index (χ0n) is 11.3. The molecule has 0 unspecified atom stereocenters. The quantitative estimate of drug-likeness (QED) is 0.751. The van der Waals surface area contributed by atoms with Gasteiger partial charge in [-0.05, 0) is 19.4 Å². The first kappa shape index (κ1) is 14.2. The van der Waals surface area contributed by atoms with Crippen LogP contribution >= 0.6 is 11.3 Å². The van der Waals surface area contributed by atoms with E-state index in [2.05, 4.69) is 27.8 Å². The van der Waals surface area contributed by atoms with Crippen LogP contribution in [0.1, 0.15) is 17.8 Å². The molecule has 0 aliphatic rings. The topological polar surface area (TPSA) is 34.1 Å². The molecule has 2 rings (SSSR count). The van der Waals surface area contributed by atoms with Gasteiger partial charge in [-0.25, -0.2) is 4.98 Å². The molecule has 0 aliphatic heterocycles. The van der Waals surface area contributed by atoms with Gasteiger partial charge >= 0.3 is 0 Å². The molecule has 0 aliphatic carbocycles. The van der Waals surface area contributed by atoms with Gasteiger partial charge in [-0.3, -0.25) is 0 Å². The fraction of sp³-hybridized carbons (Fsp3) is 0.400. The van der Waals surface area contributed by atoms with Crippen molar-refractivity contribution in [2.75, 3.05) is 20.3 Å². The lowest BCUT2D eigenvalue weighted by atomic mass is 10.2. The number of hydrogen-bond acceptors (Lipinski definition) is 4. The van der Waals surface area contributed by atoms with Crippen LogP contribution in [0.5, 0.6) is 0 Å². The number of ether oxygens (including phenoxy) is 1. The third-order valence-corrected chi connectivity index (χ3v) is 3.70. The second kappa shape index (κ2) is 8.04. The van der Waals surface area contributed by atoms with Crippen molar-refractivity contribution in [3.8, 4) is 11.3 Å². The highest BCUT2D eigenvalue weighted by atomic mass is 32.1. The lowest BCUT2D eigenvalue weighted by molar-refractivity contribution is 0.192. The highest BCUT2D eigenvalue weighted by Crippen LogP contribution is 2.21. The Bertz CT molecular complexity index is 470. The summed E-state index contributed by atoms with van der Waals surface area (Å²) in [4.78, 5) is 4.65. The van der Waals surface area contributed by atoms with Gasteiger partial charge in [0.15, 0.2) is 0 Å². The number of thiazole rings is 1. The first-order valence-corrected chi connectivity index (χ1v) is 7.47. The van der Waals surface area contributed by atoms with E-state index in [1.165, 1.54) is 5.56 Å². The van der Waals surface area contributed by atoms with Crippen LogP contribution in [0.4, 0.5) is 0 Å². The molecule has 1 N–H and O–H groups in total. The van der Waals surface area contributed by atoms with Crippen molar-refractivity contribution < 1.29 is 4.74 Å². The number of nitrogens with one attached hydrogen (secondary N) is 1. The standard InChI is InChI=1S/C15H20N2OS/c1-18-10-6-5-9-16-11-15-17-14(12-19-15)13-7-3-2-4-8-13/h2-4,7-8,12,16H,5-6,9-11H2,1H3.